The average Bonchev–Trinajstić information content (AvgIpc) is 2.68. The Morgan fingerprint density at radius 2 is 1.52 bits per heavy atom. The van der Waals surface area contributed by atoms with Crippen LogP contribution in [0, 0.1) is 6.92 Å². The third kappa shape index (κ3) is 4.71. The van der Waals surface area contributed by atoms with Crippen molar-refractivity contribution in [3.63, 3.8) is 0 Å². The Kier molecular flexibility index (Phi) is 6.46. The van der Waals surface area contributed by atoms with Gasteiger partial charge >= 0.3 is 0 Å². The van der Waals surface area contributed by atoms with Crippen LogP contribution < -0.4 is 0 Å². The quantitative estimate of drug-likeness (QED) is 0.619. The lowest BCUT2D eigenvalue weighted by Gasteiger charge is -2.45. The Balaban J connectivity index is 1.89. The second-order valence-electron chi connectivity index (χ2n) is 8.64. The van der Waals surface area contributed by atoms with Crippen molar-refractivity contribution in [2.75, 3.05) is 0 Å². The van der Waals surface area contributed by atoms with Crippen LogP contribution >= 0.6 is 0 Å². The van der Waals surface area contributed by atoms with Gasteiger partial charge in [0.05, 0.1) is 5.60 Å². The fourth-order valence-electron chi connectivity index (χ4n) is 3.91. The van der Waals surface area contributed by atoms with E-state index in [1.165, 1.54) is 25.0 Å². The summed E-state index contributed by atoms with van der Waals surface area (Å²) in [4.78, 5) is 0. The van der Waals surface area contributed by atoms with Crippen molar-refractivity contribution in [3.8, 4) is 0 Å². The monoisotopic (exact) mass is 400 g/mol. The maximum atomic E-state index is 10.5. The van der Waals surface area contributed by atoms with E-state index in [0.717, 1.165) is 24.0 Å². The molecule has 0 spiro atoms. The number of ether oxygens (including phenoxy) is 1. The molecular weight excluding hydrogens is 368 g/mol. The van der Waals surface area contributed by atoms with Crippen molar-refractivity contribution in [2.24, 2.45) is 0 Å². The van der Waals surface area contributed by atoms with Crippen LogP contribution in [0.4, 0.5) is 0 Å². The molecule has 29 heavy (non-hydrogen) atoms. The summed E-state index contributed by atoms with van der Waals surface area (Å²) in [5.74, 6) is 0. The van der Waals surface area contributed by atoms with Crippen LogP contribution in [-0.2, 0) is 17.6 Å². The van der Waals surface area contributed by atoms with Crippen molar-refractivity contribution in [3.05, 3.63) is 70.3 Å². The molecule has 1 heterocycles. The van der Waals surface area contributed by atoms with E-state index in [2.05, 4.69) is 31.2 Å². The zero-order valence-electron chi connectivity index (χ0n) is 17.5. The van der Waals surface area contributed by atoms with Crippen LogP contribution in [-0.4, -0.2) is 50.4 Å². The molecule has 3 rings (SSSR count). The van der Waals surface area contributed by atoms with Crippen molar-refractivity contribution in [1.29, 1.82) is 0 Å². The van der Waals surface area contributed by atoms with Crippen molar-refractivity contribution >= 4 is 0 Å². The molecule has 158 valence electrons. The van der Waals surface area contributed by atoms with Gasteiger partial charge in [0, 0.05) is 0 Å². The predicted molar refractivity (Wildman–Crippen MR) is 112 cm³/mol. The first kappa shape index (κ1) is 21.9. The minimum Gasteiger partial charge on any atom is -0.388 e. The molecule has 0 radical (unpaired) electrons. The van der Waals surface area contributed by atoms with Crippen molar-refractivity contribution in [1.82, 2.24) is 0 Å². The largest absolute Gasteiger partial charge is 0.388 e. The van der Waals surface area contributed by atoms with Gasteiger partial charge in [-0.25, -0.2) is 0 Å². The number of aliphatic hydroxyl groups is 4. The Labute approximate surface area is 172 Å². The molecule has 0 amide bonds. The van der Waals surface area contributed by atoms with E-state index < -0.39 is 36.1 Å². The smallest absolute Gasteiger partial charge is 0.115 e. The highest BCUT2D eigenvalue weighted by Gasteiger charge is 2.49. The lowest BCUT2D eigenvalue weighted by Crippen LogP contribution is -2.60. The molecule has 2 aromatic carbocycles. The number of hydrogen-bond acceptors (Lipinski definition) is 5. The van der Waals surface area contributed by atoms with E-state index in [9.17, 15) is 20.4 Å². The molecule has 0 bridgehead atoms. The molecule has 2 aromatic rings. The maximum Gasteiger partial charge on any atom is 0.115 e. The number of aryl methyl sites for hydroxylation is 2. The lowest BCUT2D eigenvalue weighted by atomic mass is 9.84. The molecule has 5 nitrogen and oxygen atoms in total. The van der Waals surface area contributed by atoms with Gasteiger partial charge in [0.25, 0.3) is 0 Å². The molecule has 1 saturated heterocycles. The topological polar surface area (TPSA) is 90.2 Å². The van der Waals surface area contributed by atoms with Gasteiger partial charge in [-0.3, -0.25) is 0 Å². The molecule has 1 aliphatic heterocycles. The summed E-state index contributed by atoms with van der Waals surface area (Å²) in [7, 11) is 0. The Hall–Kier alpha value is -1.76. The summed E-state index contributed by atoms with van der Waals surface area (Å²) in [5, 5.41) is 41.5. The normalized spacial score (nSPS) is 27.8. The first-order chi connectivity index (χ1) is 13.6. The van der Waals surface area contributed by atoms with Crippen LogP contribution in [0.1, 0.15) is 54.7 Å². The average molecular weight is 401 g/mol. The second-order valence-corrected chi connectivity index (χ2v) is 8.64. The number of hydrogen-bond donors (Lipinski definition) is 4. The highest BCUT2D eigenvalue weighted by molar-refractivity contribution is 5.37. The molecule has 5 heteroatoms. The molecule has 0 aliphatic carbocycles. The van der Waals surface area contributed by atoms with Crippen LogP contribution in [0.3, 0.4) is 0 Å². The van der Waals surface area contributed by atoms with Crippen LogP contribution in [0.25, 0.3) is 0 Å². The zero-order valence-corrected chi connectivity index (χ0v) is 17.5. The minimum absolute atomic E-state index is 0.712. The fourth-order valence-corrected chi connectivity index (χ4v) is 3.91. The van der Waals surface area contributed by atoms with E-state index in [4.69, 9.17) is 4.74 Å². The van der Waals surface area contributed by atoms with E-state index in [1.54, 1.807) is 0 Å². The third-order valence-corrected chi connectivity index (χ3v) is 5.84. The van der Waals surface area contributed by atoms with Crippen LogP contribution in [0.15, 0.2) is 42.5 Å². The van der Waals surface area contributed by atoms with Crippen molar-refractivity contribution in [2.45, 2.75) is 76.7 Å². The van der Waals surface area contributed by atoms with Gasteiger partial charge < -0.3 is 25.2 Å². The number of benzene rings is 2. The summed E-state index contributed by atoms with van der Waals surface area (Å²) in [6.45, 7) is 7.20. The standard InChI is InChI=1S/C24H32O5/c1-5-15-7-9-16(10-8-15)12-18-13-17(11-6-14(18)2)22-20(26)19(25)21(27)23(29-22)24(3,4)28/h6-11,13,19-23,25-28H,5,12H2,1-4H3/t19-,20-,21+,22+,23+/m1/s1. The highest BCUT2D eigenvalue weighted by atomic mass is 16.5. The Bertz CT molecular complexity index is 824. The fraction of sp³-hybridized carbons (Fsp3) is 0.500. The van der Waals surface area contributed by atoms with Gasteiger partial charge in [0.15, 0.2) is 0 Å². The molecule has 4 N–H and O–H groups in total. The summed E-state index contributed by atoms with van der Waals surface area (Å²) in [5.41, 5.74) is 4.05. The summed E-state index contributed by atoms with van der Waals surface area (Å²) in [6, 6.07) is 14.3. The van der Waals surface area contributed by atoms with Gasteiger partial charge in [-0.15, -0.1) is 0 Å². The molecule has 0 aromatic heterocycles. The first-order valence-electron chi connectivity index (χ1n) is 10.2. The Morgan fingerprint density at radius 3 is 2.10 bits per heavy atom. The van der Waals surface area contributed by atoms with E-state index in [-0.39, 0.29) is 0 Å². The number of aliphatic hydroxyl groups excluding tert-OH is 3. The van der Waals surface area contributed by atoms with Gasteiger partial charge in [-0.2, -0.15) is 0 Å². The highest BCUT2D eigenvalue weighted by Crippen LogP contribution is 2.36. The first-order valence-corrected chi connectivity index (χ1v) is 10.2. The van der Waals surface area contributed by atoms with E-state index in [1.807, 2.05) is 25.1 Å². The molecular formula is C24H32O5. The number of rotatable bonds is 5. The molecule has 0 saturated carbocycles. The Morgan fingerprint density at radius 1 is 0.897 bits per heavy atom. The van der Waals surface area contributed by atoms with Gasteiger partial charge in [0.1, 0.15) is 30.5 Å². The van der Waals surface area contributed by atoms with Crippen LogP contribution in [0.5, 0.6) is 0 Å². The predicted octanol–water partition coefficient (Wildman–Crippen LogP) is 2.44. The van der Waals surface area contributed by atoms with Gasteiger partial charge in [-0.05, 0) is 61.4 Å². The SMILES string of the molecule is CCc1ccc(Cc2cc([C@@H]3O[C@H](C(C)(C)O)[C@@H](O)[C@H](O)[C@H]3O)ccc2C)cc1. The van der Waals surface area contributed by atoms with Gasteiger partial charge in [0.2, 0.25) is 0 Å². The summed E-state index contributed by atoms with van der Waals surface area (Å²) < 4.78 is 5.90. The molecule has 1 fully saturated rings. The summed E-state index contributed by atoms with van der Waals surface area (Å²) >= 11 is 0. The van der Waals surface area contributed by atoms with E-state index in [0.29, 0.717) is 5.56 Å². The maximum absolute atomic E-state index is 10.5. The molecule has 0 unspecified atom stereocenters. The van der Waals surface area contributed by atoms with E-state index >= 15 is 0 Å². The van der Waals surface area contributed by atoms with Crippen LogP contribution in [0.2, 0.25) is 0 Å². The second kappa shape index (κ2) is 8.54. The molecule has 5 atom stereocenters. The lowest BCUT2D eigenvalue weighted by molar-refractivity contribution is -0.261. The summed E-state index contributed by atoms with van der Waals surface area (Å²) in [6.07, 6.45) is -4.18. The van der Waals surface area contributed by atoms with Gasteiger partial charge in [-0.1, -0.05) is 49.4 Å². The third-order valence-electron chi connectivity index (χ3n) is 5.84. The molecule has 1 aliphatic rings. The zero-order chi connectivity index (χ0) is 21.3. The van der Waals surface area contributed by atoms with Crippen molar-refractivity contribution < 1.29 is 25.2 Å². The minimum atomic E-state index is -1.41.